The lowest BCUT2D eigenvalue weighted by Crippen LogP contribution is -2.24. The van der Waals surface area contributed by atoms with Gasteiger partial charge in [-0.1, -0.05) is 19.9 Å². The average Bonchev–Trinajstić information content (AvgIpc) is 2.37. The van der Waals surface area contributed by atoms with Crippen LogP contribution in [0.25, 0.3) is 0 Å². The minimum atomic E-state index is -0.0104. The molecule has 4 heteroatoms. The number of rotatable bonds is 6. The van der Waals surface area contributed by atoms with Crippen LogP contribution >= 0.6 is 0 Å². The van der Waals surface area contributed by atoms with E-state index in [-0.39, 0.29) is 5.91 Å². The third-order valence-corrected chi connectivity index (χ3v) is 2.77. The molecule has 4 nitrogen and oxygen atoms in total. The summed E-state index contributed by atoms with van der Waals surface area (Å²) in [4.78, 5) is 11.8. The van der Waals surface area contributed by atoms with Crippen molar-refractivity contribution < 1.29 is 4.79 Å². The minimum Gasteiger partial charge on any atom is -0.326 e. The molecule has 0 aliphatic carbocycles. The highest BCUT2D eigenvalue weighted by atomic mass is 16.1. The van der Waals surface area contributed by atoms with Gasteiger partial charge in [-0.2, -0.15) is 5.26 Å². The van der Waals surface area contributed by atoms with Crippen LogP contribution in [0.1, 0.15) is 37.8 Å². The van der Waals surface area contributed by atoms with Gasteiger partial charge in [0, 0.05) is 18.2 Å². The predicted molar refractivity (Wildman–Crippen MR) is 76.9 cm³/mol. The zero-order valence-corrected chi connectivity index (χ0v) is 11.8. The molecule has 19 heavy (non-hydrogen) atoms. The Morgan fingerprint density at radius 3 is 2.79 bits per heavy atom. The number of hydrogen-bond acceptors (Lipinski definition) is 3. The van der Waals surface area contributed by atoms with Gasteiger partial charge in [0.25, 0.3) is 0 Å². The maximum absolute atomic E-state index is 11.8. The van der Waals surface area contributed by atoms with Crippen LogP contribution in [0.5, 0.6) is 0 Å². The Labute approximate surface area is 114 Å². The van der Waals surface area contributed by atoms with E-state index in [4.69, 9.17) is 5.26 Å². The first kappa shape index (κ1) is 15.2. The monoisotopic (exact) mass is 259 g/mol. The molecule has 0 bridgehead atoms. The third-order valence-electron chi connectivity index (χ3n) is 2.77. The molecule has 1 rings (SSSR count). The molecule has 102 valence electrons. The number of hydrogen-bond donors (Lipinski definition) is 2. The first-order valence-corrected chi connectivity index (χ1v) is 6.57. The van der Waals surface area contributed by atoms with E-state index in [2.05, 4.69) is 30.6 Å². The Morgan fingerprint density at radius 2 is 2.16 bits per heavy atom. The number of nitriles is 1. The summed E-state index contributed by atoms with van der Waals surface area (Å²) >= 11 is 0. The van der Waals surface area contributed by atoms with E-state index in [0.717, 1.165) is 24.2 Å². The maximum atomic E-state index is 11.8. The maximum Gasteiger partial charge on any atom is 0.224 e. The quantitative estimate of drug-likeness (QED) is 0.772. The van der Waals surface area contributed by atoms with Gasteiger partial charge in [0.15, 0.2) is 0 Å². The molecular weight excluding hydrogens is 238 g/mol. The first-order chi connectivity index (χ1) is 9.02. The van der Waals surface area contributed by atoms with Crippen molar-refractivity contribution >= 4 is 11.6 Å². The highest BCUT2D eigenvalue weighted by molar-refractivity contribution is 5.91. The lowest BCUT2D eigenvalue weighted by Gasteiger charge is -2.10. The molecule has 1 amide bonds. The standard InChI is InChI=1S/C15H21N3O/c1-11(2)17-8-4-5-15(19)18-14-9-13(10-16)7-6-12(14)3/h6-7,9,11,17H,4-5,8H2,1-3H3,(H,18,19). The number of carbonyl (C=O) groups is 1. The largest absolute Gasteiger partial charge is 0.326 e. The number of benzene rings is 1. The fraction of sp³-hybridized carbons (Fsp3) is 0.467. The van der Waals surface area contributed by atoms with E-state index in [9.17, 15) is 4.79 Å². The van der Waals surface area contributed by atoms with E-state index < -0.39 is 0 Å². The number of nitrogens with zero attached hydrogens (tertiary/aromatic N) is 1. The SMILES string of the molecule is Cc1ccc(C#N)cc1NC(=O)CCCNC(C)C. The summed E-state index contributed by atoms with van der Waals surface area (Å²) in [5.41, 5.74) is 2.25. The molecule has 1 aromatic rings. The third kappa shape index (κ3) is 5.54. The van der Waals surface area contributed by atoms with Crippen LogP contribution in [0.3, 0.4) is 0 Å². The Balaban J connectivity index is 2.46. The van der Waals surface area contributed by atoms with Gasteiger partial charge in [-0.15, -0.1) is 0 Å². The van der Waals surface area contributed by atoms with Gasteiger partial charge in [-0.05, 0) is 37.6 Å². The second-order valence-electron chi connectivity index (χ2n) is 4.90. The number of aryl methyl sites for hydroxylation is 1. The molecule has 0 aliphatic rings. The van der Waals surface area contributed by atoms with E-state index in [1.54, 1.807) is 12.1 Å². The number of carbonyl (C=O) groups excluding carboxylic acids is 1. The predicted octanol–water partition coefficient (Wildman–Crippen LogP) is 2.58. The summed E-state index contributed by atoms with van der Waals surface area (Å²) < 4.78 is 0. The van der Waals surface area contributed by atoms with E-state index in [1.165, 1.54) is 0 Å². The summed E-state index contributed by atoms with van der Waals surface area (Å²) in [6.07, 6.45) is 1.29. The van der Waals surface area contributed by atoms with E-state index in [1.807, 2.05) is 13.0 Å². The highest BCUT2D eigenvalue weighted by Crippen LogP contribution is 2.16. The summed E-state index contributed by atoms with van der Waals surface area (Å²) in [6, 6.07) is 7.81. The molecule has 0 aliphatic heterocycles. The van der Waals surface area contributed by atoms with E-state index >= 15 is 0 Å². The van der Waals surface area contributed by atoms with Crippen molar-refractivity contribution in [2.75, 3.05) is 11.9 Å². The molecule has 0 heterocycles. The Morgan fingerprint density at radius 1 is 1.42 bits per heavy atom. The van der Waals surface area contributed by atoms with Crippen molar-refractivity contribution in [1.29, 1.82) is 5.26 Å². The molecule has 1 aromatic carbocycles. The fourth-order valence-corrected chi connectivity index (χ4v) is 1.68. The Bertz CT molecular complexity index is 475. The lowest BCUT2D eigenvalue weighted by atomic mass is 10.1. The Hall–Kier alpha value is -1.86. The molecule has 0 saturated heterocycles. The smallest absolute Gasteiger partial charge is 0.224 e. The van der Waals surface area contributed by atoms with Crippen LogP contribution in [-0.2, 0) is 4.79 Å². The van der Waals surface area contributed by atoms with Crippen LogP contribution in [-0.4, -0.2) is 18.5 Å². The summed E-state index contributed by atoms with van der Waals surface area (Å²) in [5, 5.41) is 15.0. The fourth-order valence-electron chi connectivity index (χ4n) is 1.68. The molecule has 0 unspecified atom stereocenters. The second kappa shape index (κ2) is 7.55. The first-order valence-electron chi connectivity index (χ1n) is 6.57. The van der Waals surface area contributed by atoms with Gasteiger partial charge in [-0.3, -0.25) is 4.79 Å². The zero-order chi connectivity index (χ0) is 14.3. The molecule has 0 atom stereocenters. The summed E-state index contributed by atoms with van der Waals surface area (Å²) in [5.74, 6) is -0.0104. The lowest BCUT2D eigenvalue weighted by molar-refractivity contribution is -0.116. The molecule has 2 N–H and O–H groups in total. The molecule has 0 saturated carbocycles. The van der Waals surface area contributed by atoms with Crippen LogP contribution in [0.15, 0.2) is 18.2 Å². The summed E-state index contributed by atoms with van der Waals surface area (Å²) in [7, 11) is 0. The number of amides is 1. The van der Waals surface area contributed by atoms with Crippen molar-refractivity contribution in [3.8, 4) is 6.07 Å². The van der Waals surface area contributed by atoms with E-state index in [0.29, 0.717) is 18.0 Å². The van der Waals surface area contributed by atoms with Crippen molar-refractivity contribution in [2.24, 2.45) is 0 Å². The number of nitrogens with one attached hydrogen (secondary N) is 2. The normalized spacial score (nSPS) is 10.3. The van der Waals surface area contributed by atoms with Crippen LogP contribution in [0.4, 0.5) is 5.69 Å². The molecule has 0 radical (unpaired) electrons. The topological polar surface area (TPSA) is 64.9 Å². The van der Waals surface area contributed by atoms with Crippen LogP contribution in [0.2, 0.25) is 0 Å². The van der Waals surface area contributed by atoms with Crippen molar-refractivity contribution in [3.63, 3.8) is 0 Å². The second-order valence-corrected chi connectivity index (χ2v) is 4.90. The number of anilines is 1. The van der Waals surface area contributed by atoms with Crippen molar-refractivity contribution in [3.05, 3.63) is 29.3 Å². The molecular formula is C15H21N3O. The van der Waals surface area contributed by atoms with Crippen LogP contribution < -0.4 is 10.6 Å². The van der Waals surface area contributed by atoms with Gasteiger partial charge >= 0.3 is 0 Å². The highest BCUT2D eigenvalue weighted by Gasteiger charge is 2.05. The van der Waals surface area contributed by atoms with Gasteiger partial charge in [-0.25, -0.2) is 0 Å². The Kier molecular flexibility index (Phi) is 6.04. The zero-order valence-electron chi connectivity index (χ0n) is 11.8. The molecule has 0 fully saturated rings. The van der Waals surface area contributed by atoms with Gasteiger partial charge < -0.3 is 10.6 Å². The van der Waals surface area contributed by atoms with Gasteiger partial charge in [0.05, 0.1) is 11.6 Å². The molecule has 0 spiro atoms. The van der Waals surface area contributed by atoms with Crippen molar-refractivity contribution in [1.82, 2.24) is 5.32 Å². The molecule has 0 aromatic heterocycles. The van der Waals surface area contributed by atoms with Crippen LogP contribution in [0, 0.1) is 18.3 Å². The van der Waals surface area contributed by atoms with Crippen molar-refractivity contribution in [2.45, 2.75) is 39.7 Å². The summed E-state index contributed by atoms with van der Waals surface area (Å²) in [6.45, 7) is 6.91. The minimum absolute atomic E-state index is 0.0104. The van der Waals surface area contributed by atoms with Gasteiger partial charge in [0.2, 0.25) is 5.91 Å². The average molecular weight is 259 g/mol. The van der Waals surface area contributed by atoms with Gasteiger partial charge in [0.1, 0.15) is 0 Å².